The number of aromatic amines is 1. The molecule has 0 bridgehead atoms. The zero-order chi connectivity index (χ0) is 25.7. The number of methoxy groups -OCH3 is 1. The van der Waals surface area contributed by atoms with Crippen molar-refractivity contribution < 1.29 is 19.1 Å². The topological polar surface area (TPSA) is 126 Å². The molecule has 4 heterocycles. The lowest BCUT2D eigenvalue weighted by atomic mass is 9.86. The van der Waals surface area contributed by atoms with E-state index in [2.05, 4.69) is 25.5 Å². The maximum Gasteiger partial charge on any atom is 0.409 e. The number of likely N-dealkylation sites (tertiary alicyclic amines) is 1. The van der Waals surface area contributed by atoms with Crippen molar-refractivity contribution in [3.8, 4) is 5.75 Å². The molecular weight excluding hydrogens is 494 g/mol. The van der Waals surface area contributed by atoms with Crippen molar-refractivity contribution in [2.24, 2.45) is 5.92 Å². The Morgan fingerprint density at radius 2 is 2.08 bits per heavy atom. The number of nitrogens with one attached hydrogen (secondary N) is 2. The number of amides is 2. The number of hydrogen-bond donors (Lipinski definition) is 2. The molecule has 4 aromatic rings. The van der Waals surface area contributed by atoms with Gasteiger partial charge in [0, 0.05) is 36.3 Å². The minimum atomic E-state index is -0.377. The second-order valence-electron chi connectivity index (χ2n) is 9.62. The minimum Gasteiger partial charge on any atom is -0.494 e. The number of ether oxygens (including phenoxy) is 2. The van der Waals surface area contributed by atoms with E-state index in [0.29, 0.717) is 25.3 Å². The maximum atomic E-state index is 13.2. The minimum absolute atomic E-state index is 0.0842. The van der Waals surface area contributed by atoms with Crippen molar-refractivity contribution in [1.82, 2.24) is 30.0 Å². The standard InChI is InChI=1S/C25H27N7O4S/c1-31(2)25(34)36-15-10-32(11-15)24(33)13-4-5-16-20(7-13)37-23-21(16)22(26-12-27-23)29-18-6-14-9-28-30-17(14)8-19(18)35-3/h6,8-9,12-13,15H,4-5,7,10-11H2,1-3H3,(H,28,30)(H,26,27,29)/t13-/m0/s1. The molecule has 1 aliphatic carbocycles. The van der Waals surface area contributed by atoms with E-state index >= 15 is 0 Å². The predicted octanol–water partition coefficient (Wildman–Crippen LogP) is 3.33. The molecule has 1 fully saturated rings. The van der Waals surface area contributed by atoms with Gasteiger partial charge >= 0.3 is 6.09 Å². The van der Waals surface area contributed by atoms with E-state index in [1.54, 1.807) is 50.0 Å². The highest BCUT2D eigenvalue weighted by atomic mass is 32.1. The highest BCUT2D eigenvalue weighted by molar-refractivity contribution is 7.19. The molecule has 1 aromatic carbocycles. The number of nitrogens with zero attached hydrogens (tertiary/aromatic N) is 5. The van der Waals surface area contributed by atoms with Gasteiger partial charge in [-0.3, -0.25) is 9.89 Å². The first kappa shape index (κ1) is 23.5. The first-order chi connectivity index (χ1) is 17.9. The normalized spacial score (nSPS) is 17.4. The molecule has 1 saturated heterocycles. The molecule has 0 saturated carbocycles. The van der Waals surface area contributed by atoms with Crippen molar-refractivity contribution in [2.75, 3.05) is 39.6 Å². The number of hydrogen-bond acceptors (Lipinski definition) is 9. The van der Waals surface area contributed by atoms with Crippen LogP contribution < -0.4 is 10.1 Å². The van der Waals surface area contributed by atoms with Crippen molar-refractivity contribution in [2.45, 2.75) is 25.4 Å². The molecule has 11 nitrogen and oxygen atoms in total. The van der Waals surface area contributed by atoms with E-state index in [-0.39, 0.29) is 24.0 Å². The summed E-state index contributed by atoms with van der Waals surface area (Å²) in [6.45, 7) is 0.910. The summed E-state index contributed by atoms with van der Waals surface area (Å²) in [7, 11) is 4.93. The third kappa shape index (κ3) is 4.20. The highest BCUT2D eigenvalue weighted by Gasteiger charge is 2.38. The molecule has 12 heteroatoms. The predicted molar refractivity (Wildman–Crippen MR) is 139 cm³/mol. The van der Waals surface area contributed by atoms with Gasteiger partial charge in [0.05, 0.1) is 43.0 Å². The lowest BCUT2D eigenvalue weighted by Gasteiger charge is -2.41. The first-order valence-corrected chi connectivity index (χ1v) is 12.9. The lowest BCUT2D eigenvalue weighted by molar-refractivity contribution is -0.146. The summed E-state index contributed by atoms with van der Waals surface area (Å²) < 4.78 is 11.0. The summed E-state index contributed by atoms with van der Waals surface area (Å²) >= 11 is 1.63. The van der Waals surface area contributed by atoms with Gasteiger partial charge in [0.1, 0.15) is 28.8 Å². The number of carbonyl (C=O) groups is 2. The second-order valence-corrected chi connectivity index (χ2v) is 10.7. The first-order valence-electron chi connectivity index (χ1n) is 12.1. The Kier molecular flexibility index (Phi) is 5.82. The van der Waals surface area contributed by atoms with Crippen LogP contribution in [0.4, 0.5) is 16.3 Å². The fourth-order valence-electron chi connectivity index (χ4n) is 4.98. The molecule has 3 aromatic heterocycles. The Morgan fingerprint density at radius 1 is 1.24 bits per heavy atom. The number of benzene rings is 1. The number of H-pyrrole nitrogens is 1. The maximum absolute atomic E-state index is 13.2. The van der Waals surface area contributed by atoms with Gasteiger partial charge in [-0.25, -0.2) is 14.8 Å². The number of aromatic nitrogens is 4. The van der Waals surface area contributed by atoms with Crippen LogP contribution in [0.3, 0.4) is 0 Å². The molecule has 2 N–H and O–H groups in total. The third-order valence-electron chi connectivity index (χ3n) is 7.00. The molecule has 0 unspecified atom stereocenters. The molecule has 0 spiro atoms. The Labute approximate surface area is 216 Å². The van der Waals surface area contributed by atoms with Crippen LogP contribution in [0, 0.1) is 5.92 Å². The van der Waals surface area contributed by atoms with E-state index in [4.69, 9.17) is 9.47 Å². The quantitative estimate of drug-likeness (QED) is 0.410. The van der Waals surface area contributed by atoms with Crippen LogP contribution in [0.5, 0.6) is 5.75 Å². The third-order valence-corrected chi connectivity index (χ3v) is 8.16. The zero-order valence-corrected chi connectivity index (χ0v) is 21.6. The van der Waals surface area contributed by atoms with Crippen LogP contribution in [0.25, 0.3) is 21.1 Å². The van der Waals surface area contributed by atoms with Crippen molar-refractivity contribution in [1.29, 1.82) is 0 Å². The fourth-order valence-corrected chi connectivity index (χ4v) is 6.25. The highest BCUT2D eigenvalue weighted by Crippen LogP contribution is 2.42. The average Bonchev–Trinajstić information content (AvgIpc) is 3.48. The summed E-state index contributed by atoms with van der Waals surface area (Å²) in [5.41, 5.74) is 2.89. The number of anilines is 2. The number of carbonyl (C=O) groups excluding carboxylic acids is 2. The average molecular weight is 522 g/mol. The Bertz CT molecular complexity index is 1510. The summed E-state index contributed by atoms with van der Waals surface area (Å²) in [4.78, 5) is 39.3. The monoisotopic (exact) mass is 521 g/mol. The molecular formula is C25H27N7O4S. The number of aryl methyl sites for hydroxylation is 1. The van der Waals surface area contributed by atoms with Gasteiger partial charge in [0.25, 0.3) is 0 Å². The lowest BCUT2D eigenvalue weighted by Crippen LogP contribution is -2.57. The van der Waals surface area contributed by atoms with E-state index in [1.165, 1.54) is 15.3 Å². The van der Waals surface area contributed by atoms with Gasteiger partial charge in [-0.1, -0.05) is 0 Å². The number of thiophene rings is 1. The SMILES string of the molecule is COc1cc2[nH]ncc2cc1Nc1ncnc2sc3c(c12)CC[C@H](C(=O)N1CC(OC(=O)N(C)C)C1)C3. The smallest absolute Gasteiger partial charge is 0.409 e. The van der Waals surface area contributed by atoms with E-state index in [0.717, 1.165) is 45.5 Å². The number of rotatable bonds is 5. The van der Waals surface area contributed by atoms with Crippen molar-refractivity contribution in [3.05, 3.63) is 35.1 Å². The summed E-state index contributed by atoms with van der Waals surface area (Å²) in [5.74, 6) is 1.45. The van der Waals surface area contributed by atoms with Gasteiger partial charge in [-0.15, -0.1) is 11.3 Å². The van der Waals surface area contributed by atoms with Crippen LogP contribution in [-0.2, 0) is 22.4 Å². The molecule has 37 heavy (non-hydrogen) atoms. The van der Waals surface area contributed by atoms with Crippen LogP contribution in [-0.4, -0.2) is 82.4 Å². The van der Waals surface area contributed by atoms with Gasteiger partial charge < -0.3 is 24.6 Å². The van der Waals surface area contributed by atoms with Gasteiger partial charge in [-0.2, -0.15) is 5.10 Å². The summed E-state index contributed by atoms with van der Waals surface area (Å²) in [6.07, 6.45) is 4.94. The largest absolute Gasteiger partial charge is 0.494 e. The fraction of sp³-hybridized carbons (Fsp3) is 0.400. The molecule has 2 amide bonds. The van der Waals surface area contributed by atoms with E-state index < -0.39 is 0 Å². The molecule has 1 aliphatic heterocycles. The molecule has 2 aliphatic rings. The van der Waals surface area contributed by atoms with Gasteiger partial charge in [0.15, 0.2) is 0 Å². The van der Waals surface area contributed by atoms with Crippen LogP contribution in [0.15, 0.2) is 24.7 Å². The van der Waals surface area contributed by atoms with Crippen LogP contribution in [0.1, 0.15) is 16.9 Å². The molecule has 192 valence electrons. The number of fused-ring (bicyclic) bond motifs is 4. The Morgan fingerprint density at radius 3 is 2.86 bits per heavy atom. The van der Waals surface area contributed by atoms with Crippen molar-refractivity contribution >= 4 is 56.0 Å². The Hall–Kier alpha value is -3.93. The van der Waals surface area contributed by atoms with E-state index in [1.807, 2.05) is 12.1 Å². The van der Waals surface area contributed by atoms with E-state index in [9.17, 15) is 9.59 Å². The molecule has 1 atom stereocenters. The molecule has 0 radical (unpaired) electrons. The summed E-state index contributed by atoms with van der Waals surface area (Å²) in [6, 6.07) is 3.89. The van der Waals surface area contributed by atoms with Crippen LogP contribution >= 0.6 is 11.3 Å². The van der Waals surface area contributed by atoms with Gasteiger partial charge in [-0.05, 0) is 30.9 Å². The van der Waals surface area contributed by atoms with Gasteiger partial charge in [0.2, 0.25) is 5.91 Å². The zero-order valence-electron chi connectivity index (χ0n) is 20.8. The summed E-state index contributed by atoms with van der Waals surface area (Å²) in [5, 5.41) is 12.5. The molecule has 6 rings (SSSR count). The van der Waals surface area contributed by atoms with Crippen LogP contribution in [0.2, 0.25) is 0 Å². The Balaban J connectivity index is 1.20. The second kappa shape index (κ2) is 9.18. The van der Waals surface area contributed by atoms with Crippen molar-refractivity contribution in [3.63, 3.8) is 0 Å².